The van der Waals surface area contributed by atoms with E-state index in [1.807, 2.05) is 24.3 Å². The lowest BCUT2D eigenvalue weighted by atomic mass is 9.99. The lowest BCUT2D eigenvalue weighted by Crippen LogP contribution is -2.42. The molecule has 2 aliphatic rings. The summed E-state index contributed by atoms with van der Waals surface area (Å²) in [5.74, 6) is 1.13. The maximum absolute atomic E-state index is 12.7. The van der Waals surface area contributed by atoms with Gasteiger partial charge in [-0.1, -0.05) is 41.9 Å². The van der Waals surface area contributed by atoms with Crippen molar-refractivity contribution >= 4 is 27.5 Å². The van der Waals surface area contributed by atoms with Crippen LogP contribution in [0.15, 0.2) is 24.3 Å². The van der Waals surface area contributed by atoms with Crippen molar-refractivity contribution < 1.29 is 9.53 Å². The number of hydrogen-bond donors (Lipinski definition) is 3. The Morgan fingerprint density at radius 1 is 1.25 bits per heavy atom. The topological polar surface area (TPSA) is 62.4 Å². The highest BCUT2D eigenvalue weighted by atomic mass is 79.9. The van der Waals surface area contributed by atoms with Gasteiger partial charge in [0.25, 0.3) is 0 Å². The predicted octanol–water partition coefficient (Wildman–Crippen LogP) is 3.21. The summed E-state index contributed by atoms with van der Waals surface area (Å²) in [6.45, 7) is 4.28. The van der Waals surface area contributed by atoms with E-state index in [2.05, 4.69) is 45.9 Å². The zero-order chi connectivity index (χ0) is 17.1. The van der Waals surface area contributed by atoms with E-state index in [-0.39, 0.29) is 28.9 Å². The molecule has 1 amide bonds. The smallest absolute Gasteiger partial charge is 0.244 e. The summed E-state index contributed by atoms with van der Waals surface area (Å²) in [6, 6.07) is 7.57. The first-order valence-electron chi connectivity index (χ1n) is 8.78. The molecule has 1 heterocycles. The molecular weight excluding hydrogens is 370 g/mol. The third kappa shape index (κ3) is 3.92. The SMILES string of the molecule is CC(C)C1NNC(C(=O)Nc2ccccc2OC2CCCC2)C1Br. The zero-order valence-corrected chi connectivity index (χ0v) is 15.8. The summed E-state index contributed by atoms with van der Waals surface area (Å²) in [6.07, 6.45) is 4.90. The van der Waals surface area contributed by atoms with Gasteiger partial charge < -0.3 is 10.1 Å². The number of hydrogen-bond acceptors (Lipinski definition) is 4. The number of hydrazine groups is 1. The highest BCUT2D eigenvalue weighted by Crippen LogP contribution is 2.30. The zero-order valence-electron chi connectivity index (χ0n) is 14.2. The lowest BCUT2D eigenvalue weighted by molar-refractivity contribution is -0.117. The van der Waals surface area contributed by atoms with Crippen LogP contribution in [-0.2, 0) is 4.79 Å². The van der Waals surface area contributed by atoms with Crippen LogP contribution in [0, 0.1) is 5.92 Å². The number of para-hydroxylation sites is 2. The highest BCUT2D eigenvalue weighted by Gasteiger charge is 2.39. The fourth-order valence-corrected chi connectivity index (χ4v) is 4.48. The van der Waals surface area contributed by atoms with Gasteiger partial charge in [0, 0.05) is 6.04 Å². The fourth-order valence-electron chi connectivity index (χ4n) is 3.37. The van der Waals surface area contributed by atoms with Crippen molar-refractivity contribution in [3.05, 3.63) is 24.3 Å². The van der Waals surface area contributed by atoms with Gasteiger partial charge in [0.15, 0.2) is 0 Å². The molecule has 0 radical (unpaired) electrons. The summed E-state index contributed by atoms with van der Waals surface area (Å²) in [5, 5.41) is 3.02. The average Bonchev–Trinajstić information content (AvgIpc) is 3.18. The summed E-state index contributed by atoms with van der Waals surface area (Å²) < 4.78 is 6.09. The van der Waals surface area contributed by atoms with E-state index >= 15 is 0 Å². The second kappa shape index (κ2) is 7.85. The summed E-state index contributed by atoms with van der Waals surface area (Å²) in [7, 11) is 0. The highest BCUT2D eigenvalue weighted by molar-refractivity contribution is 9.09. The molecule has 1 saturated carbocycles. The predicted molar refractivity (Wildman–Crippen MR) is 99.4 cm³/mol. The molecule has 1 aromatic rings. The van der Waals surface area contributed by atoms with Gasteiger partial charge in [-0.05, 0) is 43.7 Å². The Hall–Kier alpha value is -1.11. The minimum atomic E-state index is -0.322. The molecule has 3 unspecified atom stereocenters. The van der Waals surface area contributed by atoms with Crippen molar-refractivity contribution in [2.75, 3.05) is 5.32 Å². The van der Waals surface area contributed by atoms with Crippen molar-refractivity contribution in [1.29, 1.82) is 0 Å². The van der Waals surface area contributed by atoms with Gasteiger partial charge in [0.05, 0.1) is 16.6 Å². The molecule has 1 aliphatic carbocycles. The van der Waals surface area contributed by atoms with E-state index in [1.165, 1.54) is 12.8 Å². The molecule has 3 rings (SSSR count). The first-order chi connectivity index (χ1) is 11.6. The average molecular weight is 396 g/mol. The Labute approximate surface area is 152 Å². The number of carbonyl (C=O) groups is 1. The molecule has 1 aromatic carbocycles. The number of alkyl halides is 1. The number of nitrogens with one attached hydrogen (secondary N) is 3. The standard InChI is InChI=1S/C18H26BrN3O2/c1-11(2)16-15(19)17(22-21-16)18(23)20-13-9-5-6-10-14(13)24-12-7-3-4-8-12/h5-6,9-12,15-17,21-22H,3-4,7-8H2,1-2H3,(H,20,23). The number of rotatable bonds is 5. The quantitative estimate of drug-likeness (QED) is 0.669. The Bertz CT molecular complexity index is 575. The molecule has 0 spiro atoms. The maximum atomic E-state index is 12.7. The van der Waals surface area contributed by atoms with E-state index < -0.39 is 0 Å². The van der Waals surface area contributed by atoms with Gasteiger partial charge in [-0.2, -0.15) is 0 Å². The Morgan fingerprint density at radius 2 is 1.96 bits per heavy atom. The molecule has 24 heavy (non-hydrogen) atoms. The molecule has 132 valence electrons. The van der Waals surface area contributed by atoms with Gasteiger partial charge in [0.1, 0.15) is 11.8 Å². The van der Waals surface area contributed by atoms with Gasteiger partial charge in [-0.25, -0.2) is 5.43 Å². The van der Waals surface area contributed by atoms with Crippen LogP contribution in [0.25, 0.3) is 0 Å². The van der Waals surface area contributed by atoms with Gasteiger partial charge in [0.2, 0.25) is 5.91 Å². The van der Waals surface area contributed by atoms with Crippen LogP contribution in [0.2, 0.25) is 0 Å². The fraction of sp³-hybridized carbons (Fsp3) is 0.611. The second-order valence-corrected chi connectivity index (χ2v) is 8.05. The van der Waals surface area contributed by atoms with E-state index in [1.54, 1.807) is 0 Å². The van der Waals surface area contributed by atoms with Crippen LogP contribution in [0.5, 0.6) is 5.75 Å². The molecule has 5 nitrogen and oxygen atoms in total. The number of anilines is 1. The largest absolute Gasteiger partial charge is 0.488 e. The van der Waals surface area contributed by atoms with Gasteiger partial charge in [-0.15, -0.1) is 0 Å². The van der Waals surface area contributed by atoms with Crippen molar-refractivity contribution in [2.24, 2.45) is 5.92 Å². The van der Waals surface area contributed by atoms with Crippen LogP contribution in [0.4, 0.5) is 5.69 Å². The molecule has 2 fully saturated rings. The van der Waals surface area contributed by atoms with E-state index in [9.17, 15) is 4.79 Å². The number of amides is 1. The van der Waals surface area contributed by atoms with Crippen LogP contribution in [0.3, 0.4) is 0 Å². The maximum Gasteiger partial charge on any atom is 0.244 e. The summed E-state index contributed by atoms with van der Waals surface area (Å²) in [5.41, 5.74) is 7.05. The molecule has 3 atom stereocenters. The minimum Gasteiger partial charge on any atom is -0.488 e. The third-order valence-corrected chi connectivity index (χ3v) is 5.91. The van der Waals surface area contributed by atoms with Crippen molar-refractivity contribution in [3.8, 4) is 5.75 Å². The van der Waals surface area contributed by atoms with Crippen LogP contribution >= 0.6 is 15.9 Å². The molecule has 0 bridgehead atoms. The first-order valence-corrected chi connectivity index (χ1v) is 9.69. The van der Waals surface area contributed by atoms with Crippen molar-refractivity contribution in [3.63, 3.8) is 0 Å². The second-order valence-electron chi connectivity index (χ2n) is 6.99. The van der Waals surface area contributed by atoms with Gasteiger partial charge in [-0.3, -0.25) is 10.2 Å². The summed E-state index contributed by atoms with van der Waals surface area (Å²) >= 11 is 3.66. The number of ether oxygens (including phenoxy) is 1. The Balaban J connectivity index is 1.66. The van der Waals surface area contributed by atoms with Crippen molar-refractivity contribution in [1.82, 2.24) is 10.9 Å². The van der Waals surface area contributed by atoms with Crippen LogP contribution < -0.4 is 20.9 Å². The Kier molecular flexibility index (Phi) is 5.79. The van der Waals surface area contributed by atoms with E-state index in [4.69, 9.17) is 4.74 Å². The van der Waals surface area contributed by atoms with E-state index in [0.29, 0.717) is 5.92 Å². The Morgan fingerprint density at radius 3 is 2.62 bits per heavy atom. The van der Waals surface area contributed by atoms with Crippen molar-refractivity contribution in [2.45, 2.75) is 62.5 Å². The summed E-state index contributed by atoms with van der Waals surface area (Å²) in [4.78, 5) is 12.7. The molecule has 3 N–H and O–H groups in total. The van der Waals surface area contributed by atoms with Gasteiger partial charge >= 0.3 is 0 Å². The molecular formula is C18H26BrN3O2. The van der Waals surface area contributed by atoms with Crippen LogP contribution in [-0.4, -0.2) is 28.9 Å². The molecule has 1 saturated heterocycles. The van der Waals surface area contributed by atoms with Crippen LogP contribution in [0.1, 0.15) is 39.5 Å². The third-order valence-electron chi connectivity index (χ3n) is 4.81. The monoisotopic (exact) mass is 395 g/mol. The normalized spacial score (nSPS) is 27.6. The molecule has 0 aromatic heterocycles. The molecule has 6 heteroatoms. The number of benzene rings is 1. The molecule has 1 aliphatic heterocycles. The number of halogens is 1. The lowest BCUT2D eigenvalue weighted by Gasteiger charge is -2.20. The van der Waals surface area contributed by atoms with E-state index in [0.717, 1.165) is 24.3 Å². The first kappa shape index (κ1) is 17.7. The minimum absolute atomic E-state index is 0.0420. The number of carbonyl (C=O) groups excluding carboxylic acids is 1.